The summed E-state index contributed by atoms with van der Waals surface area (Å²) in [5.41, 5.74) is 0.164. The first-order valence-electron chi connectivity index (χ1n) is 28.2. The molecule has 0 aromatic heterocycles. The van der Waals surface area contributed by atoms with Gasteiger partial charge >= 0.3 is 32.7 Å². The fraction of sp³-hybridized carbons (Fsp3) is 0.925. The maximum absolute atomic E-state index is 13.9. The smallest absolute Gasteiger partial charge is 0.397 e. The maximum atomic E-state index is 13.9. The third kappa shape index (κ3) is 29.2. The number of allylic oxidation sites excluding steroid dienone is 1. The molecule has 436 valence electrons. The highest BCUT2D eigenvalue weighted by Crippen LogP contribution is 2.34. The molecule has 0 bridgehead atoms. The Kier molecular flexibility index (Phi) is 35.7. The van der Waals surface area contributed by atoms with Crippen molar-refractivity contribution in [2.24, 2.45) is 11.8 Å². The van der Waals surface area contributed by atoms with Crippen molar-refractivity contribution in [2.75, 3.05) is 13.2 Å². The van der Waals surface area contributed by atoms with Gasteiger partial charge in [0.15, 0.2) is 24.6 Å². The van der Waals surface area contributed by atoms with Crippen LogP contribution >= 0.6 is 0 Å². The van der Waals surface area contributed by atoms with E-state index in [2.05, 4.69) is 29.1 Å². The fourth-order valence-electron chi connectivity index (χ4n) is 9.90. The van der Waals surface area contributed by atoms with Crippen LogP contribution in [0.4, 0.5) is 0 Å². The summed E-state index contributed by atoms with van der Waals surface area (Å²) in [6.07, 6.45) is 14.7. The van der Waals surface area contributed by atoms with Crippen LogP contribution in [0.3, 0.4) is 0 Å². The topological polar surface area (TPSA) is 288 Å². The van der Waals surface area contributed by atoms with Crippen molar-refractivity contribution in [3.8, 4) is 0 Å². The summed E-state index contributed by atoms with van der Waals surface area (Å²) >= 11 is 0. The lowest BCUT2D eigenvalue weighted by atomic mass is 9.91. The second-order valence-electron chi connectivity index (χ2n) is 20.9. The Bertz CT molecular complexity index is 1750. The number of carbonyl (C=O) groups excluding carboxylic acids is 2. The summed E-state index contributed by atoms with van der Waals surface area (Å²) in [5, 5.41) is 42.6. The van der Waals surface area contributed by atoms with Gasteiger partial charge in [-0.05, 0) is 31.6 Å². The minimum Gasteiger partial charge on any atom is -0.453 e. The van der Waals surface area contributed by atoms with E-state index in [1.54, 1.807) is 6.08 Å². The number of esters is 2. The van der Waals surface area contributed by atoms with Gasteiger partial charge in [-0.15, -0.1) is 0 Å². The summed E-state index contributed by atoms with van der Waals surface area (Å²) in [5.74, 6) is -1.45. The molecule has 2 rings (SSSR count). The highest BCUT2D eigenvalue weighted by molar-refractivity contribution is 7.81. The second-order valence-corrected chi connectivity index (χ2v) is 23.0. The molecule has 10 unspecified atom stereocenters. The number of hydrogen-bond donors (Lipinski definition) is 6. The van der Waals surface area contributed by atoms with Crippen molar-refractivity contribution in [1.29, 1.82) is 0 Å². The van der Waals surface area contributed by atoms with E-state index in [-0.39, 0.29) is 17.9 Å². The first-order valence-corrected chi connectivity index (χ1v) is 30.9. The van der Waals surface area contributed by atoms with Crippen LogP contribution in [-0.4, -0.2) is 133 Å². The van der Waals surface area contributed by atoms with Crippen molar-refractivity contribution in [3.05, 3.63) is 11.6 Å². The molecular weight excluding hydrogens is 1000 g/mol. The molecule has 0 radical (unpaired) electrons. The van der Waals surface area contributed by atoms with E-state index < -0.39 is 107 Å². The van der Waals surface area contributed by atoms with Gasteiger partial charge in [-0.25, -0.2) is 13.2 Å². The quantitative estimate of drug-likeness (QED) is 0.0143. The second kappa shape index (κ2) is 38.7. The summed E-state index contributed by atoms with van der Waals surface area (Å²) < 4.78 is 105. The number of hydrogen-bond acceptors (Lipinski definition) is 17. The zero-order valence-electron chi connectivity index (χ0n) is 45.4. The van der Waals surface area contributed by atoms with E-state index in [1.165, 1.54) is 135 Å². The first-order chi connectivity index (χ1) is 35.2. The normalized spacial score (nSPS) is 25.7. The summed E-state index contributed by atoms with van der Waals surface area (Å²) in [6, 6.07) is 0. The number of ether oxygens (including phenoxy) is 5. The molecule has 21 heteroatoms. The lowest BCUT2D eigenvalue weighted by Gasteiger charge is -2.46. The van der Waals surface area contributed by atoms with Gasteiger partial charge in [0.1, 0.15) is 30.5 Å². The number of carbonyl (C=O) groups is 2. The molecule has 2 heterocycles. The number of unbranched alkanes of at least 4 members (excludes halogenated alkanes) is 25. The maximum Gasteiger partial charge on any atom is 0.397 e. The predicted octanol–water partition coefficient (Wildman–Crippen LogP) is 9.32. The molecule has 0 aliphatic carbocycles. The largest absolute Gasteiger partial charge is 0.453 e. The molecule has 6 N–H and O–H groups in total. The molecule has 0 spiro atoms. The average molecular weight is 1100 g/mol. The van der Waals surface area contributed by atoms with Crippen LogP contribution in [0.5, 0.6) is 0 Å². The Hall–Kier alpha value is -1.86. The lowest BCUT2D eigenvalue weighted by molar-refractivity contribution is -0.373. The van der Waals surface area contributed by atoms with Gasteiger partial charge < -0.3 is 44.1 Å². The summed E-state index contributed by atoms with van der Waals surface area (Å²) in [6.45, 7) is 8.11. The van der Waals surface area contributed by atoms with E-state index in [9.17, 15) is 56.0 Å². The molecule has 19 nitrogen and oxygen atoms in total. The van der Waals surface area contributed by atoms with Crippen LogP contribution in [0.1, 0.15) is 227 Å². The lowest BCUT2D eigenvalue weighted by Crippen LogP contribution is -2.66. The number of aliphatic hydroxyl groups is 4. The highest BCUT2D eigenvalue weighted by Gasteiger charge is 2.56. The zero-order chi connectivity index (χ0) is 54.9. The van der Waals surface area contributed by atoms with Gasteiger partial charge in [-0.3, -0.25) is 13.9 Å². The molecule has 2 aliphatic heterocycles. The summed E-state index contributed by atoms with van der Waals surface area (Å²) in [4.78, 5) is 27.4. The van der Waals surface area contributed by atoms with Gasteiger partial charge in [-0.1, -0.05) is 207 Å². The minimum absolute atomic E-state index is 0.0602. The van der Waals surface area contributed by atoms with E-state index in [4.69, 9.17) is 23.7 Å². The average Bonchev–Trinajstić information content (AvgIpc) is 3.33. The van der Waals surface area contributed by atoms with E-state index in [1.807, 2.05) is 6.92 Å². The van der Waals surface area contributed by atoms with Gasteiger partial charge in [0.2, 0.25) is 6.29 Å². The molecule has 0 saturated carbocycles. The van der Waals surface area contributed by atoms with Crippen LogP contribution in [0.2, 0.25) is 0 Å². The minimum atomic E-state index is -5.56. The molecular formula is C53H98O19S2. The van der Waals surface area contributed by atoms with Gasteiger partial charge in [-0.2, -0.15) is 16.8 Å². The van der Waals surface area contributed by atoms with Crippen molar-refractivity contribution in [2.45, 2.75) is 289 Å². The molecule has 2 saturated heterocycles. The van der Waals surface area contributed by atoms with Crippen LogP contribution in [-0.2, 0) is 62.4 Å². The van der Waals surface area contributed by atoms with Gasteiger partial charge in [0.05, 0.1) is 13.2 Å². The molecule has 0 aromatic rings. The Morgan fingerprint density at radius 2 is 0.919 bits per heavy atom. The van der Waals surface area contributed by atoms with E-state index in [0.717, 1.165) is 44.9 Å². The van der Waals surface area contributed by atoms with Crippen molar-refractivity contribution in [3.63, 3.8) is 0 Å². The molecule has 0 amide bonds. The Morgan fingerprint density at radius 1 is 0.541 bits per heavy atom. The van der Waals surface area contributed by atoms with E-state index in [0.29, 0.717) is 18.8 Å². The van der Waals surface area contributed by atoms with Crippen LogP contribution in [0.15, 0.2) is 11.6 Å². The van der Waals surface area contributed by atoms with Crippen molar-refractivity contribution in [1.82, 2.24) is 0 Å². The molecule has 12 atom stereocenters. The van der Waals surface area contributed by atoms with Gasteiger partial charge in [0.25, 0.3) is 0 Å². The fourth-order valence-corrected chi connectivity index (χ4v) is 10.9. The Labute approximate surface area is 444 Å². The summed E-state index contributed by atoms with van der Waals surface area (Å²) in [7, 11) is -11.1. The van der Waals surface area contributed by atoms with Crippen LogP contribution < -0.4 is 0 Å². The first kappa shape index (κ1) is 68.2. The van der Waals surface area contributed by atoms with Crippen molar-refractivity contribution >= 4 is 32.7 Å². The van der Waals surface area contributed by atoms with Crippen LogP contribution in [0.25, 0.3) is 0 Å². The number of rotatable bonds is 43. The standard InChI is InChI=1S/C53H98O19S2/c1-6-8-10-12-14-16-18-20-22-23-25-27-29-31-33-39(3)35-40(4)36-41(5)51(59)69-47-45(57)42(37-54)66-52(49(47)68-44(56)34-32-30-28-26-24-21-19-17-15-13-11-9-7-2)70-53-50(72-74(63,64)65)48(71-73(60,61)62)46(58)43(38-55)67-53/h36,39-40,42-43,45-50,52-55,57-58H,6-35,37-38H2,1-5H3,(H,60,61,62)(H,63,64,65)/b41-36+/t39-,40-,42?,43?,45?,46?,47?,48?,49?,50?,52?,53?/m0/s1. The highest BCUT2D eigenvalue weighted by atomic mass is 32.3. The van der Waals surface area contributed by atoms with Gasteiger partial charge in [0, 0.05) is 12.0 Å². The third-order valence-corrected chi connectivity index (χ3v) is 14.9. The van der Waals surface area contributed by atoms with Crippen LogP contribution in [0, 0.1) is 11.8 Å². The monoisotopic (exact) mass is 1100 g/mol. The van der Waals surface area contributed by atoms with Crippen molar-refractivity contribution < 1.29 is 88.0 Å². The Balaban J connectivity index is 2.18. The zero-order valence-corrected chi connectivity index (χ0v) is 47.1. The number of aliphatic hydroxyl groups excluding tert-OH is 4. The molecule has 2 fully saturated rings. The molecule has 74 heavy (non-hydrogen) atoms. The van der Waals surface area contributed by atoms with E-state index >= 15 is 0 Å². The Morgan fingerprint density at radius 3 is 1.34 bits per heavy atom. The molecule has 2 aliphatic rings. The SMILES string of the molecule is CCCCCCCCCCCCCCCC[C@H](C)C[C@H](C)/C=C(\C)C(=O)OC1C(O)C(CO)OC(OC2OC(CO)C(O)C(OS(=O)(=O)O)C2OS(=O)(=O)O)C1OC(=O)CCCCCCCCCCCCCCC. The molecule has 0 aromatic carbocycles. The predicted molar refractivity (Wildman–Crippen MR) is 279 cm³/mol. The third-order valence-electron chi connectivity index (χ3n) is 14.0.